The van der Waals surface area contributed by atoms with Crippen LogP contribution in [0.15, 0.2) is 0 Å². The molecule has 0 amide bonds. The first-order valence-electron chi connectivity index (χ1n) is 8.04. The Labute approximate surface area is 117 Å². The topological polar surface area (TPSA) is 55.7 Å². The highest BCUT2D eigenvalue weighted by Crippen LogP contribution is 2.23. The molecule has 19 heavy (non-hydrogen) atoms. The molecule has 2 fully saturated rings. The molecule has 2 aliphatic rings. The van der Waals surface area contributed by atoms with Crippen LogP contribution in [-0.2, 0) is 0 Å². The summed E-state index contributed by atoms with van der Waals surface area (Å²) >= 11 is 0. The van der Waals surface area contributed by atoms with Gasteiger partial charge in [0.1, 0.15) is 0 Å². The van der Waals surface area contributed by atoms with Gasteiger partial charge in [-0.1, -0.05) is 19.3 Å². The molecule has 0 aromatic carbocycles. The predicted octanol–water partition coefficient (Wildman–Crippen LogP) is 0.974. The molecule has 112 valence electrons. The van der Waals surface area contributed by atoms with Crippen LogP contribution in [0.25, 0.3) is 0 Å². The van der Waals surface area contributed by atoms with Gasteiger partial charge in [-0.15, -0.1) is 0 Å². The monoisotopic (exact) mass is 270 g/mol. The van der Waals surface area contributed by atoms with Crippen molar-refractivity contribution in [3.8, 4) is 0 Å². The van der Waals surface area contributed by atoms with Crippen LogP contribution in [0.5, 0.6) is 0 Å². The molecule has 1 saturated carbocycles. The molecular weight excluding hydrogens is 240 g/mol. The van der Waals surface area contributed by atoms with Gasteiger partial charge in [0.15, 0.2) is 0 Å². The largest absolute Gasteiger partial charge is 0.395 e. The normalized spacial score (nSPS) is 31.3. The predicted molar refractivity (Wildman–Crippen MR) is 77.1 cm³/mol. The Kier molecular flexibility index (Phi) is 6.57. The fourth-order valence-corrected chi connectivity index (χ4v) is 3.38. The number of nitrogens with one attached hydrogen (secondary N) is 1. The lowest BCUT2D eigenvalue weighted by Crippen LogP contribution is -2.47. The standard InChI is InChI=1S/C15H30N2O2/c18-12-14(11-17-8-4-1-5-9-17)16-10-13-6-2-3-7-15(13)19/h13-16,18-19H,1-12H2. The SMILES string of the molecule is OCC(CN1CCCCC1)NCC1CCCCC1O. The first-order valence-corrected chi connectivity index (χ1v) is 8.04. The molecule has 1 aliphatic heterocycles. The number of rotatable bonds is 6. The first kappa shape index (κ1) is 15.2. The number of likely N-dealkylation sites (tertiary alicyclic amines) is 1. The van der Waals surface area contributed by atoms with Gasteiger partial charge in [-0.3, -0.25) is 0 Å². The molecule has 0 spiro atoms. The molecule has 0 bridgehead atoms. The smallest absolute Gasteiger partial charge is 0.0597 e. The molecule has 2 rings (SSSR count). The summed E-state index contributed by atoms with van der Waals surface area (Å²) in [6.07, 6.45) is 8.25. The zero-order chi connectivity index (χ0) is 13.5. The summed E-state index contributed by atoms with van der Waals surface area (Å²) in [5.41, 5.74) is 0. The molecule has 3 N–H and O–H groups in total. The summed E-state index contributed by atoms with van der Waals surface area (Å²) in [5, 5.41) is 22.9. The van der Waals surface area contributed by atoms with E-state index in [9.17, 15) is 10.2 Å². The first-order chi connectivity index (χ1) is 9.29. The van der Waals surface area contributed by atoms with E-state index >= 15 is 0 Å². The van der Waals surface area contributed by atoms with Crippen LogP contribution in [0.1, 0.15) is 44.9 Å². The Balaban J connectivity index is 1.69. The summed E-state index contributed by atoms with van der Waals surface area (Å²) in [6, 6.07) is 0.159. The molecule has 1 aliphatic carbocycles. The lowest BCUT2D eigenvalue weighted by atomic mass is 9.86. The van der Waals surface area contributed by atoms with Crippen molar-refractivity contribution in [2.24, 2.45) is 5.92 Å². The fourth-order valence-electron chi connectivity index (χ4n) is 3.38. The molecule has 1 saturated heterocycles. The van der Waals surface area contributed by atoms with Crippen LogP contribution in [0, 0.1) is 5.92 Å². The van der Waals surface area contributed by atoms with Crippen molar-refractivity contribution in [1.29, 1.82) is 0 Å². The minimum absolute atomic E-state index is 0.143. The van der Waals surface area contributed by atoms with E-state index in [1.54, 1.807) is 0 Å². The number of hydrogen-bond acceptors (Lipinski definition) is 4. The van der Waals surface area contributed by atoms with Gasteiger partial charge in [-0.05, 0) is 44.7 Å². The average molecular weight is 270 g/mol. The number of aliphatic hydroxyl groups excluding tert-OH is 2. The van der Waals surface area contributed by atoms with E-state index in [4.69, 9.17) is 0 Å². The highest BCUT2D eigenvalue weighted by molar-refractivity contribution is 4.80. The van der Waals surface area contributed by atoms with Gasteiger partial charge >= 0.3 is 0 Å². The zero-order valence-electron chi connectivity index (χ0n) is 12.1. The Morgan fingerprint density at radius 3 is 2.47 bits per heavy atom. The molecule has 4 heteroatoms. The highest BCUT2D eigenvalue weighted by Gasteiger charge is 2.24. The van der Waals surface area contributed by atoms with Crippen LogP contribution >= 0.6 is 0 Å². The highest BCUT2D eigenvalue weighted by atomic mass is 16.3. The van der Waals surface area contributed by atoms with E-state index in [0.717, 1.165) is 32.4 Å². The van der Waals surface area contributed by atoms with Crippen LogP contribution in [0.3, 0.4) is 0 Å². The van der Waals surface area contributed by atoms with Crippen molar-refractivity contribution in [2.45, 2.75) is 57.1 Å². The molecule has 3 atom stereocenters. The summed E-state index contributed by atoms with van der Waals surface area (Å²) in [5.74, 6) is 0.379. The molecule has 4 nitrogen and oxygen atoms in total. The van der Waals surface area contributed by atoms with E-state index in [1.807, 2.05) is 0 Å². The van der Waals surface area contributed by atoms with Crippen LogP contribution in [0.4, 0.5) is 0 Å². The van der Waals surface area contributed by atoms with Gasteiger partial charge in [0.2, 0.25) is 0 Å². The molecule has 3 unspecified atom stereocenters. The molecule has 0 aromatic rings. The van der Waals surface area contributed by atoms with Crippen molar-refractivity contribution in [1.82, 2.24) is 10.2 Å². The van der Waals surface area contributed by atoms with Gasteiger partial charge in [-0.25, -0.2) is 0 Å². The van der Waals surface area contributed by atoms with Crippen molar-refractivity contribution in [3.05, 3.63) is 0 Å². The Morgan fingerprint density at radius 2 is 1.79 bits per heavy atom. The van der Waals surface area contributed by atoms with Crippen LogP contribution in [-0.4, -0.2) is 60.0 Å². The quantitative estimate of drug-likeness (QED) is 0.673. The fraction of sp³-hybridized carbons (Fsp3) is 1.00. The molecule has 1 heterocycles. The van der Waals surface area contributed by atoms with E-state index in [0.29, 0.717) is 5.92 Å². The maximum atomic E-state index is 9.96. The van der Waals surface area contributed by atoms with Crippen LogP contribution < -0.4 is 5.32 Å². The second kappa shape index (κ2) is 8.20. The molecular formula is C15H30N2O2. The Hall–Kier alpha value is -0.160. The average Bonchev–Trinajstić information content (AvgIpc) is 2.46. The second-order valence-corrected chi connectivity index (χ2v) is 6.26. The summed E-state index contributed by atoms with van der Waals surface area (Å²) in [4.78, 5) is 2.45. The van der Waals surface area contributed by atoms with Gasteiger partial charge in [0.05, 0.1) is 12.7 Å². The maximum Gasteiger partial charge on any atom is 0.0597 e. The number of piperidine rings is 1. The minimum atomic E-state index is -0.143. The lowest BCUT2D eigenvalue weighted by Gasteiger charge is -2.32. The lowest BCUT2D eigenvalue weighted by molar-refractivity contribution is 0.0642. The van der Waals surface area contributed by atoms with Gasteiger partial charge in [0, 0.05) is 19.1 Å². The van der Waals surface area contributed by atoms with Crippen molar-refractivity contribution < 1.29 is 10.2 Å². The van der Waals surface area contributed by atoms with Gasteiger partial charge in [-0.2, -0.15) is 0 Å². The minimum Gasteiger partial charge on any atom is -0.395 e. The third-order valence-electron chi connectivity index (χ3n) is 4.69. The van der Waals surface area contributed by atoms with Crippen molar-refractivity contribution in [3.63, 3.8) is 0 Å². The van der Waals surface area contributed by atoms with Crippen molar-refractivity contribution in [2.75, 3.05) is 32.8 Å². The Morgan fingerprint density at radius 1 is 1.05 bits per heavy atom. The molecule has 0 radical (unpaired) electrons. The van der Waals surface area contributed by atoms with Crippen LogP contribution in [0.2, 0.25) is 0 Å². The summed E-state index contributed by atoms with van der Waals surface area (Å²) in [6.45, 7) is 4.33. The van der Waals surface area contributed by atoms with E-state index in [1.165, 1.54) is 38.8 Å². The summed E-state index contributed by atoms with van der Waals surface area (Å²) < 4.78 is 0. The molecule has 0 aromatic heterocycles. The van der Waals surface area contributed by atoms with E-state index in [2.05, 4.69) is 10.2 Å². The number of nitrogens with zero attached hydrogens (tertiary/aromatic N) is 1. The number of aliphatic hydroxyl groups is 2. The summed E-state index contributed by atoms with van der Waals surface area (Å²) in [7, 11) is 0. The second-order valence-electron chi connectivity index (χ2n) is 6.26. The third kappa shape index (κ3) is 5.03. The number of hydrogen-bond donors (Lipinski definition) is 3. The Bertz CT molecular complexity index is 244. The van der Waals surface area contributed by atoms with Gasteiger partial charge < -0.3 is 20.4 Å². The van der Waals surface area contributed by atoms with Crippen molar-refractivity contribution >= 4 is 0 Å². The third-order valence-corrected chi connectivity index (χ3v) is 4.69. The van der Waals surface area contributed by atoms with E-state index in [-0.39, 0.29) is 18.8 Å². The zero-order valence-corrected chi connectivity index (χ0v) is 12.1. The maximum absolute atomic E-state index is 9.96. The van der Waals surface area contributed by atoms with Gasteiger partial charge in [0.25, 0.3) is 0 Å². The van der Waals surface area contributed by atoms with E-state index < -0.39 is 0 Å².